The number of halogens is 1. The van der Waals surface area contributed by atoms with Gasteiger partial charge in [-0.25, -0.2) is 13.1 Å². The molecule has 0 aliphatic rings. The van der Waals surface area contributed by atoms with Gasteiger partial charge in [-0.2, -0.15) is 0 Å². The maximum absolute atomic E-state index is 11.4. The summed E-state index contributed by atoms with van der Waals surface area (Å²) >= 11 is 5.73. The number of nitrogens with one attached hydrogen (secondary N) is 1. The highest BCUT2D eigenvalue weighted by molar-refractivity contribution is 7.89. The van der Waals surface area contributed by atoms with Crippen molar-refractivity contribution >= 4 is 21.6 Å². The Balaban J connectivity index is 2.76. The van der Waals surface area contributed by atoms with E-state index in [9.17, 15) is 13.5 Å². The molecule has 2 atom stereocenters. The largest absolute Gasteiger partial charge is 0.387 e. The molecular formula is C11H16ClNO3S. The molecule has 17 heavy (non-hydrogen) atoms. The number of sulfonamides is 1. The summed E-state index contributed by atoms with van der Waals surface area (Å²) < 4.78 is 25.1. The van der Waals surface area contributed by atoms with Crippen LogP contribution in [0, 0.1) is 0 Å². The Hall–Kier alpha value is -0.620. The van der Waals surface area contributed by atoms with E-state index >= 15 is 0 Å². The summed E-state index contributed by atoms with van der Waals surface area (Å²) in [5.41, 5.74) is 0.626. The molecule has 0 aromatic heterocycles. The summed E-state index contributed by atoms with van der Waals surface area (Å²) in [7, 11) is -3.32. The van der Waals surface area contributed by atoms with Crippen molar-refractivity contribution in [1.82, 2.24) is 4.72 Å². The summed E-state index contributed by atoms with van der Waals surface area (Å²) in [5.74, 6) is -0.00925. The number of hydrogen-bond acceptors (Lipinski definition) is 3. The van der Waals surface area contributed by atoms with E-state index in [1.165, 1.54) is 0 Å². The molecule has 4 nitrogen and oxygen atoms in total. The molecule has 0 radical (unpaired) electrons. The molecule has 2 N–H and O–H groups in total. The number of benzene rings is 1. The van der Waals surface area contributed by atoms with E-state index in [-0.39, 0.29) is 5.75 Å². The zero-order valence-electron chi connectivity index (χ0n) is 9.72. The van der Waals surface area contributed by atoms with Crippen LogP contribution in [-0.2, 0) is 10.0 Å². The zero-order valence-corrected chi connectivity index (χ0v) is 11.3. The maximum atomic E-state index is 11.4. The van der Waals surface area contributed by atoms with Crippen molar-refractivity contribution in [3.05, 3.63) is 34.9 Å². The van der Waals surface area contributed by atoms with Crippen molar-refractivity contribution in [3.63, 3.8) is 0 Å². The van der Waals surface area contributed by atoms with Crippen LogP contribution in [0.15, 0.2) is 24.3 Å². The summed E-state index contributed by atoms with van der Waals surface area (Å²) in [6.45, 7) is 3.16. The standard InChI is InChI=1S/C11H16ClNO3S/c1-3-17(15,16)13-8(2)11(14)9-4-6-10(12)7-5-9/h4-8,11,13-14H,3H2,1-2H3. The number of aliphatic hydroxyl groups excluding tert-OH is 1. The first-order valence-corrected chi connectivity index (χ1v) is 7.32. The Bertz CT molecular complexity index is 458. The van der Waals surface area contributed by atoms with Crippen LogP contribution in [0.1, 0.15) is 25.5 Å². The molecule has 6 heteroatoms. The molecule has 0 amide bonds. The topological polar surface area (TPSA) is 66.4 Å². The van der Waals surface area contributed by atoms with Crippen LogP contribution >= 0.6 is 11.6 Å². The SMILES string of the molecule is CCS(=O)(=O)NC(C)C(O)c1ccc(Cl)cc1. The molecule has 0 saturated carbocycles. The van der Waals surface area contributed by atoms with Crippen molar-refractivity contribution in [2.75, 3.05) is 5.75 Å². The second-order valence-corrected chi connectivity index (χ2v) is 6.29. The smallest absolute Gasteiger partial charge is 0.211 e. The lowest BCUT2D eigenvalue weighted by molar-refractivity contribution is 0.146. The Labute approximate surface area is 107 Å². The minimum Gasteiger partial charge on any atom is -0.387 e. The highest BCUT2D eigenvalue weighted by Crippen LogP contribution is 2.19. The monoisotopic (exact) mass is 277 g/mol. The second kappa shape index (κ2) is 5.82. The molecule has 0 saturated heterocycles. The van der Waals surface area contributed by atoms with Crippen molar-refractivity contribution in [3.8, 4) is 0 Å². The van der Waals surface area contributed by atoms with Gasteiger partial charge in [-0.15, -0.1) is 0 Å². The fourth-order valence-electron chi connectivity index (χ4n) is 1.38. The van der Waals surface area contributed by atoms with Gasteiger partial charge in [-0.3, -0.25) is 0 Å². The van der Waals surface area contributed by atoms with Crippen LogP contribution in [0.5, 0.6) is 0 Å². The van der Waals surface area contributed by atoms with Crippen LogP contribution in [0.3, 0.4) is 0 Å². The minimum atomic E-state index is -3.32. The Morgan fingerprint density at radius 2 is 1.88 bits per heavy atom. The molecule has 0 bridgehead atoms. The summed E-state index contributed by atoms with van der Waals surface area (Å²) in [6.07, 6.45) is -0.895. The van der Waals surface area contributed by atoms with E-state index in [0.29, 0.717) is 10.6 Å². The van der Waals surface area contributed by atoms with Gasteiger partial charge in [0.25, 0.3) is 0 Å². The van der Waals surface area contributed by atoms with E-state index in [2.05, 4.69) is 4.72 Å². The Morgan fingerprint density at radius 1 is 1.35 bits per heavy atom. The van der Waals surface area contributed by atoms with Crippen molar-refractivity contribution in [1.29, 1.82) is 0 Å². The molecule has 0 aliphatic carbocycles. The van der Waals surface area contributed by atoms with Crippen LogP contribution < -0.4 is 4.72 Å². The zero-order chi connectivity index (χ0) is 13.1. The predicted molar refractivity (Wildman–Crippen MR) is 68.5 cm³/mol. The van der Waals surface area contributed by atoms with Gasteiger partial charge in [0.05, 0.1) is 11.9 Å². The molecule has 96 valence electrons. The number of hydrogen-bond donors (Lipinski definition) is 2. The first-order chi connectivity index (χ1) is 7.85. The van der Waals surface area contributed by atoms with Gasteiger partial charge in [0.2, 0.25) is 10.0 Å². The van der Waals surface area contributed by atoms with E-state index < -0.39 is 22.2 Å². The minimum absolute atomic E-state index is 0.00925. The number of aliphatic hydroxyl groups is 1. The summed E-state index contributed by atoms with van der Waals surface area (Å²) in [6, 6.07) is 6.07. The van der Waals surface area contributed by atoms with E-state index in [4.69, 9.17) is 11.6 Å². The van der Waals surface area contributed by atoms with Gasteiger partial charge >= 0.3 is 0 Å². The van der Waals surface area contributed by atoms with Gasteiger partial charge in [-0.1, -0.05) is 23.7 Å². The molecule has 1 aromatic carbocycles. The Kier molecular flexibility index (Phi) is 4.94. The Morgan fingerprint density at radius 3 is 2.35 bits per heavy atom. The average molecular weight is 278 g/mol. The summed E-state index contributed by atoms with van der Waals surface area (Å²) in [4.78, 5) is 0. The lowest BCUT2D eigenvalue weighted by Crippen LogP contribution is -2.37. The average Bonchev–Trinajstić information content (AvgIpc) is 2.28. The van der Waals surface area contributed by atoms with Gasteiger partial charge in [0, 0.05) is 11.1 Å². The molecular weight excluding hydrogens is 262 g/mol. The van der Waals surface area contributed by atoms with Crippen LogP contribution in [-0.4, -0.2) is 25.3 Å². The normalized spacial score (nSPS) is 15.5. The fraction of sp³-hybridized carbons (Fsp3) is 0.455. The van der Waals surface area contributed by atoms with Crippen molar-refractivity contribution in [2.24, 2.45) is 0 Å². The lowest BCUT2D eigenvalue weighted by Gasteiger charge is -2.20. The van der Waals surface area contributed by atoms with Crippen LogP contribution in [0.4, 0.5) is 0 Å². The fourth-order valence-corrected chi connectivity index (χ4v) is 2.37. The molecule has 1 rings (SSSR count). The van der Waals surface area contributed by atoms with E-state index in [0.717, 1.165) is 0 Å². The molecule has 0 fully saturated rings. The van der Waals surface area contributed by atoms with E-state index in [1.807, 2.05) is 0 Å². The molecule has 0 spiro atoms. The van der Waals surface area contributed by atoms with E-state index in [1.54, 1.807) is 38.1 Å². The summed E-state index contributed by atoms with van der Waals surface area (Å²) in [5, 5.41) is 10.5. The van der Waals surface area contributed by atoms with Crippen molar-refractivity contribution < 1.29 is 13.5 Å². The second-order valence-electron chi connectivity index (χ2n) is 3.81. The van der Waals surface area contributed by atoms with Gasteiger partial charge in [0.15, 0.2) is 0 Å². The highest BCUT2D eigenvalue weighted by atomic mass is 35.5. The number of rotatable bonds is 5. The third-order valence-electron chi connectivity index (χ3n) is 2.43. The molecule has 2 unspecified atom stereocenters. The third kappa shape index (κ3) is 4.27. The first kappa shape index (κ1) is 14.4. The highest BCUT2D eigenvalue weighted by Gasteiger charge is 2.20. The lowest BCUT2D eigenvalue weighted by atomic mass is 10.0. The van der Waals surface area contributed by atoms with Crippen molar-refractivity contribution in [2.45, 2.75) is 26.0 Å². The maximum Gasteiger partial charge on any atom is 0.211 e. The molecule has 0 heterocycles. The van der Waals surface area contributed by atoms with Gasteiger partial charge in [-0.05, 0) is 31.5 Å². The third-order valence-corrected chi connectivity index (χ3v) is 4.17. The first-order valence-electron chi connectivity index (χ1n) is 5.29. The quantitative estimate of drug-likeness (QED) is 0.861. The van der Waals surface area contributed by atoms with Gasteiger partial charge in [0.1, 0.15) is 0 Å². The molecule has 1 aromatic rings. The predicted octanol–water partition coefficient (Wildman–Crippen LogP) is 1.70. The van der Waals surface area contributed by atoms with Crippen LogP contribution in [0.2, 0.25) is 5.02 Å². The molecule has 0 aliphatic heterocycles. The van der Waals surface area contributed by atoms with Crippen LogP contribution in [0.25, 0.3) is 0 Å². The van der Waals surface area contributed by atoms with Gasteiger partial charge < -0.3 is 5.11 Å².